The summed E-state index contributed by atoms with van der Waals surface area (Å²) in [5, 5.41) is 3.08. The van der Waals surface area contributed by atoms with E-state index in [0.717, 1.165) is 30.5 Å². The zero-order valence-electron chi connectivity index (χ0n) is 12.3. The highest BCUT2D eigenvalue weighted by atomic mass is 16.2. The first kappa shape index (κ1) is 14.1. The van der Waals surface area contributed by atoms with E-state index in [2.05, 4.69) is 5.32 Å². The molecule has 1 fully saturated rings. The number of para-hydroxylation sites is 1. The van der Waals surface area contributed by atoms with E-state index < -0.39 is 0 Å². The van der Waals surface area contributed by atoms with Crippen molar-refractivity contribution in [2.75, 3.05) is 11.4 Å². The third-order valence-electron chi connectivity index (χ3n) is 4.46. The maximum absolute atomic E-state index is 12.2. The molecule has 1 heterocycles. The van der Waals surface area contributed by atoms with E-state index in [9.17, 15) is 9.59 Å². The molecule has 1 aliphatic carbocycles. The van der Waals surface area contributed by atoms with Gasteiger partial charge in [0.15, 0.2) is 0 Å². The lowest BCUT2D eigenvalue weighted by atomic mass is 9.95. The Bertz CT molecular complexity index is 535. The van der Waals surface area contributed by atoms with Crippen LogP contribution in [0.15, 0.2) is 24.3 Å². The fraction of sp³-hybridized carbons (Fsp3) is 0.529. The minimum atomic E-state index is -0.0352. The molecule has 0 radical (unpaired) electrons. The van der Waals surface area contributed by atoms with Gasteiger partial charge in [0.1, 0.15) is 6.54 Å². The van der Waals surface area contributed by atoms with Crippen LogP contribution in [-0.4, -0.2) is 24.4 Å². The van der Waals surface area contributed by atoms with Gasteiger partial charge in [-0.1, -0.05) is 37.5 Å². The van der Waals surface area contributed by atoms with Gasteiger partial charge in [-0.3, -0.25) is 9.59 Å². The summed E-state index contributed by atoms with van der Waals surface area (Å²) in [7, 11) is 0. The lowest BCUT2D eigenvalue weighted by molar-refractivity contribution is -0.124. The van der Waals surface area contributed by atoms with Crippen LogP contribution in [0.3, 0.4) is 0 Å². The minimum Gasteiger partial charge on any atom is -0.352 e. The Morgan fingerprint density at radius 2 is 1.90 bits per heavy atom. The zero-order chi connectivity index (χ0) is 14.7. The average Bonchev–Trinajstić information content (AvgIpc) is 2.51. The number of fused-ring (bicyclic) bond motifs is 1. The number of hydrogen-bond acceptors (Lipinski definition) is 2. The molecule has 0 unspecified atom stereocenters. The molecule has 2 aliphatic rings. The van der Waals surface area contributed by atoms with Crippen LogP contribution in [0.1, 0.15) is 44.1 Å². The van der Waals surface area contributed by atoms with Crippen LogP contribution in [0.2, 0.25) is 0 Å². The van der Waals surface area contributed by atoms with Crippen molar-refractivity contribution in [1.29, 1.82) is 0 Å². The molecule has 4 nitrogen and oxygen atoms in total. The number of carbonyl (C=O) groups excluding carboxylic acids is 2. The van der Waals surface area contributed by atoms with Gasteiger partial charge in [-0.2, -0.15) is 0 Å². The van der Waals surface area contributed by atoms with Crippen molar-refractivity contribution in [3.05, 3.63) is 29.8 Å². The lowest BCUT2D eigenvalue weighted by Crippen LogP contribution is -2.46. The molecular formula is C17H22N2O2. The summed E-state index contributed by atoms with van der Waals surface area (Å²) < 4.78 is 0. The molecule has 0 spiro atoms. The van der Waals surface area contributed by atoms with E-state index in [1.165, 1.54) is 19.3 Å². The van der Waals surface area contributed by atoms with Crippen LogP contribution in [0.5, 0.6) is 0 Å². The van der Waals surface area contributed by atoms with Crippen LogP contribution < -0.4 is 10.2 Å². The Morgan fingerprint density at radius 1 is 1.14 bits per heavy atom. The van der Waals surface area contributed by atoms with Gasteiger partial charge in [0.05, 0.1) is 0 Å². The zero-order valence-corrected chi connectivity index (χ0v) is 12.3. The lowest BCUT2D eigenvalue weighted by Gasteiger charge is -2.30. The van der Waals surface area contributed by atoms with Crippen LogP contribution >= 0.6 is 0 Å². The van der Waals surface area contributed by atoms with E-state index >= 15 is 0 Å². The number of anilines is 1. The Balaban J connectivity index is 1.66. The van der Waals surface area contributed by atoms with Crippen molar-refractivity contribution in [1.82, 2.24) is 5.32 Å². The first-order chi connectivity index (χ1) is 10.2. The van der Waals surface area contributed by atoms with E-state index in [0.29, 0.717) is 12.5 Å². The smallest absolute Gasteiger partial charge is 0.240 e. The molecular weight excluding hydrogens is 264 g/mol. The number of benzene rings is 1. The molecule has 1 aromatic rings. The Labute approximate surface area is 125 Å². The highest BCUT2D eigenvalue weighted by Crippen LogP contribution is 2.27. The standard InChI is InChI=1S/C17H22N2O2/c20-16(18-14-7-2-1-3-8-14)12-19-15-9-5-4-6-13(15)10-11-17(19)21/h4-6,9,14H,1-3,7-8,10-12H2,(H,18,20). The fourth-order valence-corrected chi connectivity index (χ4v) is 3.33. The Kier molecular flexibility index (Phi) is 4.23. The van der Waals surface area contributed by atoms with Crippen LogP contribution in [0, 0.1) is 0 Å². The number of aryl methyl sites for hydroxylation is 1. The summed E-state index contributed by atoms with van der Waals surface area (Å²) in [5.41, 5.74) is 2.05. The largest absolute Gasteiger partial charge is 0.352 e. The summed E-state index contributed by atoms with van der Waals surface area (Å²) in [6.07, 6.45) is 7.05. The molecule has 0 aromatic heterocycles. The number of rotatable bonds is 3. The second-order valence-electron chi connectivity index (χ2n) is 6.01. The molecule has 1 aliphatic heterocycles. The van der Waals surface area contributed by atoms with Crippen molar-refractivity contribution < 1.29 is 9.59 Å². The third-order valence-corrected chi connectivity index (χ3v) is 4.46. The molecule has 3 rings (SSSR count). The van der Waals surface area contributed by atoms with Crippen molar-refractivity contribution in [2.45, 2.75) is 51.0 Å². The number of nitrogens with one attached hydrogen (secondary N) is 1. The topological polar surface area (TPSA) is 49.4 Å². The van der Waals surface area contributed by atoms with Crippen LogP contribution in [-0.2, 0) is 16.0 Å². The molecule has 1 aromatic carbocycles. The number of carbonyl (C=O) groups is 2. The van der Waals surface area contributed by atoms with Gasteiger partial charge in [-0.15, -0.1) is 0 Å². The summed E-state index contributed by atoms with van der Waals surface area (Å²) in [6.45, 7) is 0.145. The molecule has 0 atom stereocenters. The summed E-state index contributed by atoms with van der Waals surface area (Å²) in [4.78, 5) is 26.0. The Morgan fingerprint density at radius 3 is 2.71 bits per heavy atom. The SMILES string of the molecule is O=C(CN1C(=O)CCc2ccccc21)NC1CCCCC1. The quantitative estimate of drug-likeness (QED) is 0.927. The fourth-order valence-electron chi connectivity index (χ4n) is 3.33. The van der Waals surface area contributed by atoms with Crippen molar-refractivity contribution >= 4 is 17.5 Å². The molecule has 1 N–H and O–H groups in total. The number of amides is 2. The summed E-state index contributed by atoms with van der Waals surface area (Å²) in [5.74, 6) is 0.0134. The highest BCUT2D eigenvalue weighted by Gasteiger charge is 2.26. The Hall–Kier alpha value is -1.84. The normalized spacial score (nSPS) is 19.2. The van der Waals surface area contributed by atoms with Gasteiger partial charge in [-0.05, 0) is 30.9 Å². The second-order valence-corrected chi connectivity index (χ2v) is 6.01. The van der Waals surface area contributed by atoms with Crippen molar-refractivity contribution in [2.24, 2.45) is 0 Å². The maximum Gasteiger partial charge on any atom is 0.240 e. The van der Waals surface area contributed by atoms with Crippen molar-refractivity contribution in [3.63, 3.8) is 0 Å². The molecule has 2 amide bonds. The third kappa shape index (κ3) is 3.26. The summed E-state index contributed by atoms with van der Waals surface area (Å²) in [6, 6.07) is 8.16. The minimum absolute atomic E-state index is 0.0352. The molecule has 1 saturated carbocycles. The molecule has 0 bridgehead atoms. The highest BCUT2D eigenvalue weighted by molar-refractivity contribution is 6.01. The van der Waals surface area contributed by atoms with Gasteiger partial charge in [0.25, 0.3) is 0 Å². The molecule has 112 valence electrons. The van der Waals surface area contributed by atoms with Gasteiger partial charge in [-0.25, -0.2) is 0 Å². The molecule has 0 saturated heterocycles. The second kappa shape index (κ2) is 6.29. The van der Waals surface area contributed by atoms with Gasteiger partial charge >= 0.3 is 0 Å². The monoisotopic (exact) mass is 286 g/mol. The number of hydrogen-bond donors (Lipinski definition) is 1. The molecule has 4 heteroatoms. The molecule has 21 heavy (non-hydrogen) atoms. The first-order valence-corrected chi connectivity index (χ1v) is 7.91. The van der Waals surface area contributed by atoms with E-state index in [4.69, 9.17) is 0 Å². The number of nitrogens with zero attached hydrogens (tertiary/aromatic N) is 1. The van der Waals surface area contributed by atoms with Gasteiger partial charge in [0.2, 0.25) is 11.8 Å². The van der Waals surface area contributed by atoms with Crippen molar-refractivity contribution in [3.8, 4) is 0 Å². The van der Waals surface area contributed by atoms with E-state index in [1.807, 2.05) is 24.3 Å². The summed E-state index contributed by atoms with van der Waals surface area (Å²) >= 11 is 0. The van der Waals surface area contributed by atoms with Gasteiger partial charge < -0.3 is 10.2 Å². The van der Waals surface area contributed by atoms with Crippen LogP contribution in [0.25, 0.3) is 0 Å². The van der Waals surface area contributed by atoms with Crippen LogP contribution in [0.4, 0.5) is 5.69 Å². The van der Waals surface area contributed by atoms with E-state index in [1.54, 1.807) is 4.90 Å². The average molecular weight is 286 g/mol. The maximum atomic E-state index is 12.2. The first-order valence-electron chi connectivity index (χ1n) is 7.91. The predicted molar refractivity (Wildman–Crippen MR) is 82.1 cm³/mol. The predicted octanol–water partition coefficient (Wildman–Crippen LogP) is 2.41. The van der Waals surface area contributed by atoms with E-state index in [-0.39, 0.29) is 18.4 Å². The van der Waals surface area contributed by atoms with Gasteiger partial charge in [0, 0.05) is 18.2 Å².